The van der Waals surface area contributed by atoms with E-state index in [9.17, 15) is 14.4 Å². The molecule has 6 rings (SSSR count). The summed E-state index contributed by atoms with van der Waals surface area (Å²) in [5.74, 6) is -2.97. The van der Waals surface area contributed by atoms with Gasteiger partial charge >= 0.3 is 11.9 Å². The van der Waals surface area contributed by atoms with Gasteiger partial charge in [0.15, 0.2) is 5.78 Å². The van der Waals surface area contributed by atoms with Crippen LogP contribution in [-0.4, -0.2) is 54.3 Å². The Bertz CT molecular complexity index is 1880. The zero-order chi connectivity index (χ0) is 33.0. The van der Waals surface area contributed by atoms with Crippen LogP contribution in [0.5, 0.6) is 0 Å². The van der Waals surface area contributed by atoms with Crippen molar-refractivity contribution in [2.75, 3.05) is 13.7 Å². The Labute approximate surface area is 269 Å². The third kappa shape index (κ3) is 4.80. The van der Waals surface area contributed by atoms with Crippen LogP contribution in [0.25, 0.3) is 0 Å². The van der Waals surface area contributed by atoms with Crippen LogP contribution in [0, 0.1) is 17.8 Å². The molecule has 0 aromatic rings. The van der Waals surface area contributed by atoms with Crippen molar-refractivity contribution in [2.24, 2.45) is 37.7 Å². The summed E-state index contributed by atoms with van der Waals surface area (Å²) in [6, 6.07) is 0. The maximum absolute atomic E-state index is 14.1. The second-order valence-electron chi connectivity index (χ2n) is 12.1. The van der Waals surface area contributed by atoms with Gasteiger partial charge in [-0.2, -0.15) is 0 Å². The van der Waals surface area contributed by atoms with Gasteiger partial charge in [0.25, 0.3) is 0 Å². The molecule has 3 unspecified atom stereocenters. The number of hydrogen-bond donors (Lipinski definition) is 0. The molecule has 5 heterocycles. The molecule has 0 spiro atoms. The van der Waals surface area contributed by atoms with Gasteiger partial charge in [-0.15, -0.1) is 0 Å². The van der Waals surface area contributed by atoms with E-state index < -0.39 is 11.9 Å². The van der Waals surface area contributed by atoms with E-state index in [0.717, 1.165) is 57.2 Å². The number of carbonyl (C=O) groups excluding carboxylic acids is 3. The van der Waals surface area contributed by atoms with E-state index in [0.29, 0.717) is 40.2 Å². The quantitative estimate of drug-likeness (QED) is 0.247. The lowest BCUT2D eigenvalue weighted by atomic mass is 9.83. The van der Waals surface area contributed by atoms with Crippen molar-refractivity contribution in [1.82, 2.24) is 0 Å². The molecule has 9 heteroatoms. The Morgan fingerprint density at radius 1 is 0.935 bits per heavy atom. The van der Waals surface area contributed by atoms with E-state index in [-0.39, 0.29) is 36.6 Å². The normalized spacial score (nSPS) is 25.0. The summed E-state index contributed by atoms with van der Waals surface area (Å²) >= 11 is 0. The third-order valence-corrected chi connectivity index (χ3v) is 9.71. The highest BCUT2D eigenvalue weighted by Crippen LogP contribution is 2.47. The van der Waals surface area contributed by atoms with Gasteiger partial charge in [-0.1, -0.05) is 26.5 Å². The number of esters is 2. The molecular weight excluding hydrogens is 580 g/mol. The summed E-state index contributed by atoms with van der Waals surface area (Å²) in [5, 5.41) is 0. The second kappa shape index (κ2) is 11.9. The third-order valence-electron chi connectivity index (χ3n) is 9.71. The molecule has 0 saturated heterocycles. The van der Waals surface area contributed by atoms with Crippen molar-refractivity contribution in [3.8, 4) is 0 Å². The van der Waals surface area contributed by atoms with Crippen molar-refractivity contribution >= 4 is 40.6 Å². The van der Waals surface area contributed by atoms with E-state index in [1.807, 2.05) is 45.1 Å². The van der Waals surface area contributed by atoms with Crippen molar-refractivity contribution < 1.29 is 23.9 Å². The van der Waals surface area contributed by atoms with Crippen molar-refractivity contribution in [1.29, 1.82) is 0 Å². The van der Waals surface area contributed by atoms with E-state index in [1.165, 1.54) is 7.11 Å². The summed E-state index contributed by atoms with van der Waals surface area (Å²) in [6.07, 6.45) is 9.03. The standard InChI is InChI=1S/C37H38N4O5/c1-9-21-17(4)24-14-26-19(6)23(12-13-30(42)46-11-3)34(40-26)32-33(37(44)45-8)36(43)31-20(7)27(41-35(31)32)16-29-22(10-2)18(5)25(39-29)15-28(21)38-24/h9,14-16,19,23,33H,1,10-13H2,2-8H3. The molecular formula is C37H38N4O5. The summed E-state index contributed by atoms with van der Waals surface area (Å²) in [5.41, 5.74) is 11.0. The fourth-order valence-corrected chi connectivity index (χ4v) is 7.16. The van der Waals surface area contributed by atoms with Gasteiger partial charge in [-0.25, -0.2) is 15.0 Å². The molecule has 0 radical (unpaired) electrons. The molecule has 0 N–H and O–H groups in total. The Hall–Kier alpha value is -4.79. The first-order valence-corrected chi connectivity index (χ1v) is 15.8. The molecule has 0 amide bonds. The number of carbonyl (C=O) groups is 3. The number of Topliss-reactive ketones (excluding diaryl/α,β-unsaturated/α-hetero) is 1. The van der Waals surface area contributed by atoms with Crippen molar-refractivity contribution in [3.63, 3.8) is 0 Å². The summed E-state index contributed by atoms with van der Waals surface area (Å²) in [6.45, 7) is 16.2. The second-order valence-corrected chi connectivity index (χ2v) is 12.1. The fourth-order valence-electron chi connectivity index (χ4n) is 7.16. The number of methoxy groups -OCH3 is 1. The molecule has 6 aliphatic rings. The number of ketones is 1. The summed E-state index contributed by atoms with van der Waals surface area (Å²) < 4.78 is 10.4. The van der Waals surface area contributed by atoms with Gasteiger partial charge in [-0.3, -0.25) is 19.4 Å². The average molecular weight is 619 g/mol. The van der Waals surface area contributed by atoms with Gasteiger partial charge in [0.2, 0.25) is 0 Å². The lowest BCUT2D eigenvalue weighted by Gasteiger charge is -2.20. The minimum atomic E-state index is -1.20. The van der Waals surface area contributed by atoms with Gasteiger partial charge < -0.3 is 9.47 Å². The Morgan fingerprint density at radius 3 is 2.28 bits per heavy atom. The first-order valence-electron chi connectivity index (χ1n) is 15.8. The number of allylic oxidation sites excluding steroid dienone is 11. The van der Waals surface area contributed by atoms with Gasteiger partial charge in [-0.05, 0) is 81.1 Å². The van der Waals surface area contributed by atoms with Crippen LogP contribution in [0.3, 0.4) is 0 Å². The molecule has 3 atom stereocenters. The predicted molar refractivity (Wildman–Crippen MR) is 179 cm³/mol. The molecule has 0 aromatic heterocycles. The molecule has 8 bridgehead atoms. The Kier molecular flexibility index (Phi) is 8.04. The molecule has 5 aliphatic heterocycles. The number of nitrogens with zero attached hydrogens (tertiary/aromatic N) is 4. The molecule has 1 saturated carbocycles. The SMILES string of the molecule is C=CC1=C(C)C2=CC3=NC(=C4C5=NC(=CC6=NC(=CC1=N2)C(C)=C6CC)C(C)=C5C(=O)C4C(=O)OC)C(CCC(=O)OCC)C3C. The van der Waals surface area contributed by atoms with Crippen LogP contribution in [0.15, 0.2) is 113 Å². The molecule has 1 fully saturated rings. The van der Waals surface area contributed by atoms with Crippen molar-refractivity contribution in [3.05, 3.63) is 92.7 Å². The first kappa shape index (κ1) is 31.2. The molecule has 9 nitrogen and oxygen atoms in total. The number of fused-ring (bicyclic) bond motifs is 4. The maximum Gasteiger partial charge on any atom is 0.321 e. The number of aliphatic imine (C=N–C) groups is 4. The maximum atomic E-state index is 14.1. The zero-order valence-corrected chi connectivity index (χ0v) is 27.4. The monoisotopic (exact) mass is 618 g/mol. The van der Waals surface area contributed by atoms with Crippen LogP contribution in [-0.2, 0) is 23.9 Å². The average Bonchev–Trinajstić information content (AvgIpc) is 3.77. The van der Waals surface area contributed by atoms with Crippen LogP contribution >= 0.6 is 0 Å². The minimum absolute atomic E-state index is 0.156. The van der Waals surface area contributed by atoms with Gasteiger partial charge in [0.1, 0.15) is 5.92 Å². The first-order chi connectivity index (χ1) is 22.0. The number of hydrogen-bond acceptors (Lipinski definition) is 9. The molecule has 236 valence electrons. The van der Waals surface area contributed by atoms with Crippen LogP contribution in [0.1, 0.15) is 60.8 Å². The Balaban J connectivity index is 1.66. The zero-order valence-electron chi connectivity index (χ0n) is 27.4. The van der Waals surface area contributed by atoms with E-state index in [1.54, 1.807) is 6.92 Å². The summed E-state index contributed by atoms with van der Waals surface area (Å²) in [4.78, 5) is 60.0. The molecule has 46 heavy (non-hydrogen) atoms. The van der Waals surface area contributed by atoms with Gasteiger partial charge in [0, 0.05) is 40.7 Å². The van der Waals surface area contributed by atoms with E-state index in [4.69, 9.17) is 29.4 Å². The molecule has 0 aromatic carbocycles. The number of ether oxygens (including phenoxy) is 2. The van der Waals surface area contributed by atoms with Crippen LogP contribution in [0.4, 0.5) is 0 Å². The smallest absolute Gasteiger partial charge is 0.321 e. The van der Waals surface area contributed by atoms with Crippen LogP contribution < -0.4 is 0 Å². The van der Waals surface area contributed by atoms with Gasteiger partial charge in [0.05, 0.1) is 53.6 Å². The summed E-state index contributed by atoms with van der Waals surface area (Å²) in [7, 11) is 1.28. The van der Waals surface area contributed by atoms with Crippen LogP contribution in [0.2, 0.25) is 0 Å². The Morgan fingerprint density at radius 2 is 1.61 bits per heavy atom. The lowest BCUT2D eigenvalue weighted by molar-refractivity contribution is -0.146. The highest BCUT2D eigenvalue weighted by Gasteiger charge is 2.51. The highest BCUT2D eigenvalue weighted by atomic mass is 16.5. The minimum Gasteiger partial charge on any atom is -0.468 e. The largest absolute Gasteiger partial charge is 0.468 e. The highest BCUT2D eigenvalue weighted by molar-refractivity contribution is 6.42. The topological polar surface area (TPSA) is 119 Å². The fraction of sp³-hybridized carbons (Fsp3) is 0.378. The van der Waals surface area contributed by atoms with E-state index in [2.05, 4.69) is 20.4 Å². The molecule has 1 aliphatic carbocycles. The van der Waals surface area contributed by atoms with E-state index >= 15 is 0 Å². The number of rotatable bonds is 7. The van der Waals surface area contributed by atoms with Crippen molar-refractivity contribution in [2.45, 2.75) is 60.8 Å². The predicted octanol–water partition coefficient (Wildman–Crippen LogP) is 6.24. The lowest BCUT2D eigenvalue weighted by Crippen LogP contribution is -2.25.